The van der Waals surface area contributed by atoms with Gasteiger partial charge in [0.25, 0.3) is 0 Å². The normalized spacial score (nSPS) is 21.4. The van der Waals surface area contributed by atoms with Crippen LogP contribution in [0.15, 0.2) is 22.7 Å². The third-order valence-electron chi connectivity index (χ3n) is 3.01. The molecule has 0 spiro atoms. The SMILES string of the molecule is Brc1ccc2nc([C@H]3CCCOC3)[nH]c2c1. The summed E-state index contributed by atoms with van der Waals surface area (Å²) in [4.78, 5) is 8.01. The van der Waals surface area contributed by atoms with E-state index in [-0.39, 0.29) is 0 Å². The Balaban J connectivity index is 1.97. The number of H-pyrrole nitrogens is 1. The van der Waals surface area contributed by atoms with Gasteiger partial charge in [0.2, 0.25) is 0 Å². The number of benzene rings is 1. The maximum absolute atomic E-state index is 5.49. The number of imidazole rings is 1. The molecule has 1 aromatic carbocycles. The monoisotopic (exact) mass is 280 g/mol. The maximum Gasteiger partial charge on any atom is 0.112 e. The Hall–Kier alpha value is -0.870. The van der Waals surface area contributed by atoms with Crippen molar-refractivity contribution in [3.05, 3.63) is 28.5 Å². The Morgan fingerprint density at radius 1 is 1.44 bits per heavy atom. The Kier molecular flexibility index (Phi) is 2.69. The van der Waals surface area contributed by atoms with Crippen LogP contribution < -0.4 is 0 Å². The minimum atomic E-state index is 0.430. The molecule has 1 aromatic heterocycles. The number of aromatic amines is 1. The van der Waals surface area contributed by atoms with E-state index < -0.39 is 0 Å². The first-order chi connectivity index (χ1) is 7.83. The molecule has 0 bridgehead atoms. The Bertz CT molecular complexity index is 503. The van der Waals surface area contributed by atoms with Gasteiger partial charge < -0.3 is 9.72 Å². The fourth-order valence-electron chi connectivity index (χ4n) is 2.15. The number of hydrogen-bond donors (Lipinski definition) is 1. The highest BCUT2D eigenvalue weighted by Crippen LogP contribution is 2.26. The van der Waals surface area contributed by atoms with Crippen LogP contribution in [0.2, 0.25) is 0 Å². The molecule has 0 radical (unpaired) electrons. The predicted octanol–water partition coefficient (Wildman–Crippen LogP) is 3.22. The molecule has 0 aliphatic carbocycles. The number of hydrogen-bond acceptors (Lipinski definition) is 2. The molecule has 2 aromatic rings. The smallest absolute Gasteiger partial charge is 0.112 e. The summed E-state index contributed by atoms with van der Waals surface area (Å²) < 4.78 is 6.57. The van der Waals surface area contributed by atoms with Crippen LogP contribution in [0.4, 0.5) is 0 Å². The molecular formula is C12H13BrN2O. The fraction of sp³-hybridized carbons (Fsp3) is 0.417. The van der Waals surface area contributed by atoms with E-state index in [1.807, 2.05) is 12.1 Å². The summed E-state index contributed by atoms with van der Waals surface area (Å²) >= 11 is 3.47. The van der Waals surface area contributed by atoms with Gasteiger partial charge in [-0.25, -0.2) is 4.98 Å². The van der Waals surface area contributed by atoms with Crippen molar-refractivity contribution in [3.63, 3.8) is 0 Å². The fourth-order valence-corrected chi connectivity index (χ4v) is 2.51. The van der Waals surface area contributed by atoms with E-state index in [1.165, 1.54) is 6.42 Å². The number of ether oxygens (including phenoxy) is 1. The van der Waals surface area contributed by atoms with Crippen LogP contribution in [0.5, 0.6) is 0 Å². The summed E-state index contributed by atoms with van der Waals surface area (Å²) in [5.74, 6) is 1.49. The van der Waals surface area contributed by atoms with Gasteiger partial charge in [-0.1, -0.05) is 15.9 Å². The minimum absolute atomic E-state index is 0.430. The topological polar surface area (TPSA) is 37.9 Å². The molecule has 1 saturated heterocycles. The zero-order chi connectivity index (χ0) is 11.0. The molecule has 1 N–H and O–H groups in total. The molecule has 2 heterocycles. The Morgan fingerprint density at radius 2 is 2.38 bits per heavy atom. The first kappa shape index (κ1) is 10.3. The van der Waals surface area contributed by atoms with Crippen molar-refractivity contribution in [3.8, 4) is 0 Å². The first-order valence-electron chi connectivity index (χ1n) is 5.56. The van der Waals surface area contributed by atoms with Crippen molar-refractivity contribution < 1.29 is 4.74 Å². The van der Waals surface area contributed by atoms with Crippen molar-refractivity contribution in [1.82, 2.24) is 9.97 Å². The van der Waals surface area contributed by atoms with Gasteiger partial charge in [-0.05, 0) is 31.0 Å². The minimum Gasteiger partial charge on any atom is -0.381 e. The van der Waals surface area contributed by atoms with Crippen LogP contribution in [-0.2, 0) is 4.74 Å². The Morgan fingerprint density at radius 3 is 3.19 bits per heavy atom. The predicted molar refractivity (Wildman–Crippen MR) is 66.6 cm³/mol. The van der Waals surface area contributed by atoms with Gasteiger partial charge in [0, 0.05) is 17.0 Å². The van der Waals surface area contributed by atoms with Crippen LogP contribution in [0.25, 0.3) is 11.0 Å². The van der Waals surface area contributed by atoms with E-state index in [4.69, 9.17) is 4.74 Å². The van der Waals surface area contributed by atoms with Crippen LogP contribution >= 0.6 is 15.9 Å². The number of aromatic nitrogens is 2. The molecule has 0 unspecified atom stereocenters. The lowest BCUT2D eigenvalue weighted by Crippen LogP contribution is -2.16. The summed E-state index contributed by atoms with van der Waals surface area (Å²) in [7, 11) is 0. The van der Waals surface area contributed by atoms with Crippen molar-refractivity contribution in [1.29, 1.82) is 0 Å². The van der Waals surface area contributed by atoms with Gasteiger partial charge in [0.15, 0.2) is 0 Å². The number of nitrogens with zero attached hydrogens (tertiary/aromatic N) is 1. The molecule has 0 saturated carbocycles. The van der Waals surface area contributed by atoms with E-state index in [0.717, 1.165) is 41.0 Å². The third kappa shape index (κ3) is 1.87. The highest BCUT2D eigenvalue weighted by atomic mass is 79.9. The summed E-state index contributed by atoms with van der Waals surface area (Å²) in [5, 5.41) is 0. The zero-order valence-corrected chi connectivity index (χ0v) is 10.5. The van der Waals surface area contributed by atoms with Crippen molar-refractivity contribution in [2.75, 3.05) is 13.2 Å². The molecule has 1 aliphatic rings. The van der Waals surface area contributed by atoms with Crippen LogP contribution in [0.1, 0.15) is 24.6 Å². The van der Waals surface area contributed by atoms with Crippen LogP contribution in [-0.4, -0.2) is 23.2 Å². The number of halogens is 1. The molecule has 3 nitrogen and oxygen atoms in total. The molecule has 0 amide bonds. The van der Waals surface area contributed by atoms with E-state index in [2.05, 4.69) is 32.0 Å². The molecule has 84 valence electrons. The molecule has 4 heteroatoms. The van der Waals surface area contributed by atoms with Gasteiger partial charge in [-0.15, -0.1) is 0 Å². The average molecular weight is 281 g/mol. The lowest BCUT2D eigenvalue weighted by atomic mass is 10.0. The molecule has 1 atom stereocenters. The summed E-state index contributed by atoms with van der Waals surface area (Å²) in [6.07, 6.45) is 2.30. The van der Waals surface area contributed by atoms with Crippen molar-refractivity contribution in [2.45, 2.75) is 18.8 Å². The highest BCUT2D eigenvalue weighted by molar-refractivity contribution is 9.10. The number of nitrogens with one attached hydrogen (secondary N) is 1. The molecule has 16 heavy (non-hydrogen) atoms. The zero-order valence-electron chi connectivity index (χ0n) is 8.87. The second kappa shape index (κ2) is 4.18. The van der Waals surface area contributed by atoms with Crippen LogP contribution in [0, 0.1) is 0 Å². The van der Waals surface area contributed by atoms with Crippen molar-refractivity contribution in [2.24, 2.45) is 0 Å². The highest BCUT2D eigenvalue weighted by Gasteiger charge is 2.19. The second-order valence-electron chi connectivity index (χ2n) is 4.20. The summed E-state index contributed by atoms with van der Waals surface area (Å²) in [5.41, 5.74) is 2.12. The van der Waals surface area contributed by atoms with E-state index >= 15 is 0 Å². The van der Waals surface area contributed by atoms with Crippen LogP contribution in [0.3, 0.4) is 0 Å². The Labute approximate surface area is 102 Å². The number of fused-ring (bicyclic) bond motifs is 1. The van der Waals surface area contributed by atoms with Gasteiger partial charge >= 0.3 is 0 Å². The molecule has 3 rings (SSSR count). The summed E-state index contributed by atoms with van der Waals surface area (Å²) in [6, 6.07) is 6.11. The lowest BCUT2D eigenvalue weighted by Gasteiger charge is -2.19. The standard InChI is InChI=1S/C12H13BrN2O/c13-9-3-4-10-11(6-9)15-12(14-10)8-2-1-5-16-7-8/h3-4,6,8H,1-2,5,7H2,(H,14,15)/t8-/m0/s1. The second-order valence-corrected chi connectivity index (χ2v) is 5.11. The average Bonchev–Trinajstić information content (AvgIpc) is 2.73. The quantitative estimate of drug-likeness (QED) is 0.871. The van der Waals surface area contributed by atoms with E-state index in [0.29, 0.717) is 5.92 Å². The van der Waals surface area contributed by atoms with E-state index in [9.17, 15) is 0 Å². The van der Waals surface area contributed by atoms with Crippen molar-refractivity contribution >= 4 is 27.0 Å². The van der Waals surface area contributed by atoms with Gasteiger partial charge in [0.1, 0.15) is 5.82 Å². The van der Waals surface area contributed by atoms with Gasteiger partial charge in [-0.3, -0.25) is 0 Å². The molecule has 1 fully saturated rings. The molecular weight excluding hydrogens is 268 g/mol. The summed E-state index contributed by atoms with van der Waals surface area (Å²) in [6.45, 7) is 1.68. The lowest BCUT2D eigenvalue weighted by molar-refractivity contribution is 0.0784. The van der Waals surface area contributed by atoms with Gasteiger partial charge in [-0.2, -0.15) is 0 Å². The first-order valence-corrected chi connectivity index (χ1v) is 6.35. The van der Waals surface area contributed by atoms with E-state index in [1.54, 1.807) is 0 Å². The number of rotatable bonds is 1. The maximum atomic E-state index is 5.49. The molecule has 1 aliphatic heterocycles. The largest absolute Gasteiger partial charge is 0.381 e. The third-order valence-corrected chi connectivity index (χ3v) is 3.50. The van der Waals surface area contributed by atoms with Gasteiger partial charge in [0.05, 0.1) is 17.6 Å².